The number of rotatable bonds is 4. The summed E-state index contributed by atoms with van der Waals surface area (Å²) in [5.41, 5.74) is 1.13. The molecule has 0 radical (unpaired) electrons. The number of nitrogens with zero attached hydrogens (tertiary/aromatic N) is 2. The summed E-state index contributed by atoms with van der Waals surface area (Å²) in [6.45, 7) is 0.794. The number of carboxylic acid groups (broad SMARTS) is 1. The highest BCUT2D eigenvalue weighted by molar-refractivity contribution is 7.10. The Morgan fingerprint density at radius 3 is 2.72 bits per heavy atom. The maximum Gasteiger partial charge on any atom is 0.393 e. The number of hydrogen-bond donors (Lipinski definition) is 1. The van der Waals surface area contributed by atoms with Gasteiger partial charge in [-0.05, 0) is 23.4 Å². The van der Waals surface area contributed by atoms with Gasteiger partial charge in [-0.3, -0.25) is 9.59 Å². The van der Waals surface area contributed by atoms with Crippen molar-refractivity contribution < 1.29 is 27.9 Å². The van der Waals surface area contributed by atoms with Crippen LogP contribution in [-0.2, 0) is 22.6 Å². The van der Waals surface area contributed by atoms with E-state index in [9.17, 15) is 22.8 Å². The number of carboxylic acids is 1. The number of likely N-dealkylation sites (tertiary alicyclic amines) is 1. The predicted octanol–water partition coefficient (Wildman–Crippen LogP) is 2.22. The van der Waals surface area contributed by atoms with Crippen molar-refractivity contribution in [2.24, 2.45) is 11.8 Å². The van der Waals surface area contributed by atoms with Crippen LogP contribution in [0.2, 0.25) is 0 Å². The van der Waals surface area contributed by atoms with Crippen molar-refractivity contribution in [3.63, 3.8) is 0 Å². The van der Waals surface area contributed by atoms with Gasteiger partial charge in [-0.25, -0.2) is 0 Å². The molecule has 0 spiro atoms. The molecule has 0 bridgehead atoms. The molecule has 3 rings (SSSR count). The first-order valence-corrected chi connectivity index (χ1v) is 8.98. The first-order chi connectivity index (χ1) is 11.8. The first-order valence-electron chi connectivity index (χ1n) is 8.10. The zero-order valence-electron chi connectivity index (χ0n) is 13.5. The average Bonchev–Trinajstić information content (AvgIpc) is 3.18. The van der Waals surface area contributed by atoms with E-state index in [2.05, 4.69) is 0 Å². The maximum atomic E-state index is 13.0. The van der Waals surface area contributed by atoms with Crippen LogP contribution in [-0.4, -0.2) is 59.1 Å². The smallest absolute Gasteiger partial charge is 0.393 e. The Hall–Kier alpha value is -1.61. The summed E-state index contributed by atoms with van der Waals surface area (Å²) in [5.74, 6) is -4.86. The maximum absolute atomic E-state index is 13.0. The molecule has 0 unspecified atom stereocenters. The molecule has 9 heteroatoms. The van der Waals surface area contributed by atoms with Crippen LogP contribution in [0.5, 0.6) is 0 Å². The van der Waals surface area contributed by atoms with Gasteiger partial charge in [0.05, 0.1) is 11.8 Å². The van der Waals surface area contributed by atoms with E-state index in [1.807, 2.05) is 11.4 Å². The van der Waals surface area contributed by atoms with E-state index in [1.165, 1.54) is 9.78 Å². The van der Waals surface area contributed by atoms with Gasteiger partial charge in [-0.15, -0.1) is 11.3 Å². The number of thiophene rings is 1. The van der Waals surface area contributed by atoms with Gasteiger partial charge in [0.1, 0.15) is 0 Å². The molecule has 0 saturated carbocycles. The minimum atomic E-state index is -4.54. The normalized spacial score (nSPS) is 24.4. The van der Waals surface area contributed by atoms with Crippen LogP contribution < -0.4 is 0 Å². The Morgan fingerprint density at radius 1 is 1.32 bits per heavy atom. The number of aliphatic carboxylic acids is 1. The lowest BCUT2D eigenvalue weighted by Crippen LogP contribution is -2.37. The fourth-order valence-corrected chi connectivity index (χ4v) is 4.41. The van der Waals surface area contributed by atoms with Crippen molar-refractivity contribution in [2.75, 3.05) is 26.2 Å². The molecule has 138 valence electrons. The molecule has 0 aromatic carbocycles. The van der Waals surface area contributed by atoms with Gasteiger partial charge in [0.25, 0.3) is 0 Å². The molecule has 1 fully saturated rings. The van der Waals surface area contributed by atoms with Gasteiger partial charge < -0.3 is 14.9 Å². The molecule has 2 atom stereocenters. The second-order valence-corrected chi connectivity index (χ2v) is 7.54. The van der Waals surface area contributed by atoms with Gasteiger partial charge in [-0.2, -0.15) is 13.2 Å². The van der Waals surface area contributed by atoms with Crippen LogP contribution in [0.1, 0.15) is 16.9 Å². The predicted molar refractivity (Wildman–Crippen MR) is 85.2 cm³/mol. The van der Waals surface area contributed by atoms with Crippen LogP contribution in [0.25, 0.3) is 0 Å². The average molecular weight is 376 g/mol. The lowest BCUT2D eigenvalue weighted by molar-refractivity contribution is -0.188. The zero-order chi connectivity index (χ0) is 18.2. The van der Waals surface area contributed by atoms with E-state index in [0.717, 1.165) is 12.0 Å². The second-order valence-electron chi connectivity index (χ2n) is 6.54. The molecule has 2 aliphatic heterocycles. The molecule has 1 amide bonds. The number of amides is 1. The number of hydrogen-bond acceptors (Lipinski definition) is 4. The third-order valence-corrected chi connectivity index (χ3v) is 5.96. The summed E-state index contributed by atoms with van der Waals surface area (Å²) in [6, 6.07) is 1.99. The van der Waals surface area contributed by atoms with Gasteiger partial charge in [0.15, 0.2) is 0 Å². The zero-order valence-corrected chi connectivity index (χ0v) is 14.3. The van der Waals surface area contributed by atoms with Crippen LogP contribution >= 0.6 is 11.3 Å². The summed E-state index contributed by atoms with van der Waals surface area (Å²) in [6.07, 6.45) is -3.62. The summed E-state index contributed by atoms with van der Waals surface area (Å²) in [4.78, 5) is 27.9. The molecule has 5 nitrogen and oxygen atoms in total. The van der Waals surface area contributed by atoms with Crippen molar-refractivity contribution in [2.45, 2.75) is 25.6 Å². The molecular formula is C16H19F3N2O3S. The van der Waals surface area contributed by atoms with Crippen molar-refractivity contribution in [1.29, 1.82) is 0 Å². The Balaban J connectivity index is 1.54. The summed E-state index contributed by atoms with van der Waals surface area (Å²) in [5, 5.41) is 11.0. The minimum Gasteiger partial charge on any atom is -0.481 e. The summed E-state index contributed by atoms with van der Waals surface area (Å²) in [7, 11) is 0. The SMILES string of the molecule is O=C(O)[C@@H]1CN(CCC(=O)N2CCc3sccc3C2)C[C@H]1C(F)(F)F. The van der Waals surface area contributed by atoms with E-state index in [1.54, 1.807) is 16.2 Å². The molecule has 0 aliphatic carbocycles. The summed E-state index contributed by atoms with van der Waals surface area (Å²) >= 11 is 1.67. The lowest BCUT2D eigenvalue weighted by atomic mass is 9.96. The third-order valence-electron chi connectivity index (χ3n) is 4.94. The molecule has 1 saturated heterocycles. The monoisotopic (exact) mass is 376 g/mol. The second kappa shape index (κ2) is 6.95. The van der Waals surface area contributed by atoms with Gasteiger partial charge in [0, 0.05) is 44.0 Å². The minimum absolute atomic E-state index is 0.0980. The van der Waals surface area contributed by atoms with E-state index >= 15 is 0 Å². The topological polar surface area (TPSA) is 60.9 Å². The number of carbonyl (C=O) groups excluding carboxylic acids is 1. The molecule has 1 aromatic rings. The number of alkyl halides is 3. The van der Waals surface area contributed by atoms with Crippen molar-refractivity contribution in [3.05, 3.63) is 21.9 Å². The Kier molecular flexibility index (Phi) is 5.06. The Labute approximate surface area is 147 Å². The fourth-order valence-electron chi connectivity index (χ4n) is 3.52. The van der Waals surface area contributed by atoms with Gasteiger partial charge in [0.2, 0.25) is 5.91 Å². The van der Waals surface area contributed by atoms with Crippen molar-refractivity contribution in [3.8, 4) is 0 Å². The lowest BCUT2D eigenvalue weighted by Gasteiger charge is -2.28. The van der Waals surface area contributed by atoms with E-state index in [0.29, 0.717) is 13.1 Å². The van der Waals surface area contributed by atoms with Crippen LogP contribution in [0.3, 0.4) is 0 Å². The van der Waals surface area contributed by atoms with Crippen LogP contribution in [0.4, 0.5) is 13.2 Å². The number of carbonyl (C=O) groups is 2. The number of fused-ring (bicyclic) bond motifs is 1. The molecule has 1 aromatic heterocycles. The number of halogens is 3. The Morgan fingerprint density at radius 2 is 2.08 bits per heavy atom. The van der Waals surface area contributed by atoms with E-state index in [4.69, 9.17) is 5.11 Å². The van der Waals surface area contributed by atoms with Crippen molar-refractivity contribution >= 4 is 23.2 Å². The molecular weight excluding hydrogens is 357 g/mol. The highest BCUT2D eigenvalue weighted by Gasteiger charge is 2.52. The standard InChI is InChI=1S/C16H19F3N2O3S/c17-16(18,19)12-9-20(8-11(12)15(23)24)4-2-14(22)21-5-1-13-10(7-21)3-6-25-13/h3,6,11-12H,1-2,4-5,7-9H2,(H,23,24)/t11-,12-/m1/s1. The fraction of sp³-hybridized carbons (Fsp3) is 0.625. The molecule has 25 heavy (non-hydrogen) atoms. The van der Waals surface area contributed by atoms with E-state index < -0.39 is 24.0 Å². The molecule has 1 N–H and O–H groups in total. The van der Waals surface area contributed by atoms with E-state index in [-0.39, 0.29) is 32.0 Å². The largest absolute Gasteiger partial charge is 0.481 e. The third kappa shape index (κ3) is 3.98. The highest BCUT2D eigenvalue weighted by Crippen LogP contribution is 2.37. The van der Waals surface area contributed by atoms with Crippen molar-refractivity contribution in [1.82, 2.24) is 9.80 Å². The van der Waals surface area contributed by atoms with Gasteiger partial charge in [-0.1, -0.05) is 0 Å². The molecule has 2 aliphatic rings. The quantitative estimate of drug-likeness (QED) is 0.875. The van der Waals surface area contributed by atoms with Gasteiger partial charge >= 0.3 is 12.1 Å². The Bertz CT molecular complexity index is 661. The summed E-state index contributed by atoms with van der Waals surface area (Å²) < 4.78 is 38.9. The van der Waals surface area contributed by atoms with Crippen LogP contribution in [0, 0.1) is 11.8 Å². The first kappa shape index (κ1) is 18.2. The highest BCUT2D eigenvalue weighted by atomic mass is 32.1. The molecule has 3 heterocycles. The van der Waals surface area contributed by atoms with Crippen LogP contribution in [0.15, 0.2) is 11.4 Å².